The molecule has 13 nitrogen and oxygen atoms in total. The Balaban J connectivity index is 1.18. The number of nitrogens with zero attached hydrogens (tertiary/aromatic N) is 7. The third-order valence-electron chi connectivity index (χ3n) is 10.9. The quantitative estimate of drug-likeness (QED) is 0.306. The van der Waals surface area contributed by atoms with Crippen LogP contribution in [0.4, 0.5) is 18.9 Å². The van der Waals surface area contributed by atoms with Crippen LogP contribution >= 0.6 is 11.6 Å². The van der Waals surface area contributed by atoms with Gasteiger partial charge < -0.3 is 24.6 Å². The van der Waals surface area contributed by atoms with Crippen LogP contribution in [0.2, 0.25) is 5.02 Å². The Kier molecular flexibility index (Phi) is 7.75. The van der Waals surface area contributed by atoms with Crippen molar-refractivity contribution in [2.45, 2.75) is 57.2 Å². The van der Waals surface area contributed by atoms with E-state index in [-0.39, 0.29) is 57.8 Å². The number of alkyl halides is 3. The summed E-state index contributed by atoms with van der Waals surface area (Å²) >= 11 is 6.16. The van der Waals surface area contributed by atoms with Gasteiger partial charge in [0, 0.05) is 35.7 Å². The first-order valence-electron chi connectivity index (χ1n) is 16.6. The number of aryl methyl sites for hydroxylation is 1. The predicted molar refractivity (Wildman–Crippen MR) is 176 cm³/mol. The molecule has 2 amide bonds. The highest BCUT2D eigenvalue weighted by Gasteiger charge is 2.68. The van der Waals surface area contributed by atoms with Crippen LogP contribution in [0.3, 0.4) is 0 Å². The lowest BCUT2D eigenvalue weighted by Crippen LogP contribution is -2.48. The maximum Gasteiger partial charge on any atom is 0.416 e. The predicted octanol–water partition coefficient (Wildman–Crippen LogP) is 4.35. The molecule has 51 heavy (non-hydrogen) atoms. The van der Waals surface area contributed by atoms with Gasteiger partial charge in [-0.3, -0.25) is 14.4 Å². The van der Waals surface area contributed by atoms with Gasteiger partial charge in [-0.15, -0.1) is 5.10 Å². The van der Waals surface area contributed by atoms with Crippen molar-refractivity contribution in [2.24, 2.45) is 11.8 Å². The monoisotopic (exact) mass is 724 g/mol. The van der Waals surface area contributed by atoms with Gasteiger partial charge in [0.15, 0.2) is 17.3 Å². The van der Waals surface area contributed by atoms with Crippen LogP contribution < -0.4 is 10.9 Å². The van der Waals surface area contributed by atoms with Gasteiger partial charge in [0.2, 0.25) is 11.7 Å². The lowest BCUT2D eigenvalue weighted by Gasteiger charge is -2.41. The number of carbonyl (C=O) groups is 2. The number of hydrogen-bond acceptors (Lipinski definition) is 9. The number of rotatable bonds is 5. The molecular weight excluding hydrogens is 693 g/mol. The highest BCUT2D eigenvalue weighted by atomic mass is 35.5. The smallest absolute Gasteiger partial charge is 0.416 e. The van der Waals surface area contributed by atoms with Crippen LogP contribution in [0.1, 0.15) is 70.9 Å². The van der Waals surface area contributed by atoms with E-state index in [0.29, 0.717) is 68.3 Å². The Morgan fingerprint density at radius 3 is 2.65 bits per heavy atom. The molecule has 5 heterocycles. The highest BCUT2D eigenvalue weighted by molar-refractivity contribution is 6.33. The van der Waals surface area contributed by atoms with E-state index in [1.165, 1.54) is 10.8 Å². The van der Waals surface area contributed by atoms with E-state index in [0.717, 1.165) is 23.8 Å². The number of fused-ring (bicyclic) bond motifs is 6. The zero-order valence-corrected chi connectivity index (χ0v) is 28.3. The zero-order valence-electron chi connectivity index (χ0n) is 27.5. The van der Waals surface area contributed by atoms with Crippen LogP contribution in [-0.4, -0.2) is 77.3 Å². The van der Waals surface area contributed by atoms with Crippen LogP contribution in [0, 0.1) is 18.8 Å². The van der Waals surface area contributed by atoms with Gasteiger partial charge in [-0.1, -0.05) is 24.6 Å². The number of aromatic hydroxyl groups is 1. The molecule has 2 fully saturated rings. The van der Waals surface area contributed by atoms with Crippen molar-refractivity contribution in [3.8, 4) is 5.75 Å². The number of anilines is 1. The minimum Gasteiger partial charge on any atom is -0.504 e. The summed E-state index contributed by atoms with van der Waals surface area (Å²) in [5, 5.41) is 17.5. The highest BCUT2D eigenvalue weighted by Crippen LogP contribution is 2.71. The molecule has 2 aliphatic heterocycles. The molecule has 3 unspecified atom stereocenters. The number of amides is 2. The van der Waals surface area contributed by atoms with E-state index in [4.69, 9.17) is 21.3 Å². The average molecular weight is 725 g/mol. The van der Waals surface area contributed by atoms with Crippen LogP contribution in [-0.2, 0) is 27.7 Å². The summed E-state index contributed by atoms with van der Waals surface area (Å²) in [6, 6.07) is 2.70. The third kappa shape index (κ3) is 5.29. The molecular formula is C34H32ClF3N8O5. The zero-order chi connectivity index (χ0) is 36.0. The SMILES string of the molecule is Cc1ncnc(C(=O)N2CCC3(CC2)c2c(n(CC(=O)Nc4ccc(C(F)(F)F)cc4Cl)c4nc(C5=CCOCC5)nn4c2=O)C2C(C)C23)c1O. The number of benzene rings is 1. The molecule has 3 atom stereocenters. The summed E-state index contributed by atoms with van der Waals surface area (Å²) < 4.78 is 48.1. The summed E-state index contributed by atoms with van der Waals surface area (Å²) in [6.45, 7) is 4.81. The van der Waals surface area contributed by atoms with E-state index in [2.05, 4.69) is 27.3 Å². The molecule has 2 N–H and O–H groups in total. The fourth-order valence-corrected chi connectivity index (χ4v) is 8.62. The molecule has 3 aromatic heterocycles. The summed E-state index contributed by atoms with van der Waals surface area (Å²) in [4.78, 5) is 56.0. The number of ether oxygens (including phenoxy) is 1. The molecule has 4 aliphatic rings. The van der Waals surface area contributed by atoms with Crippen LogP contribution in [0.15, 0.2) is 35.4 Å². The van der Waals surface area contributed by atoms with E-state index in [1.807, 2.05) is 6.08 Å². The molecule has 17 heteroatoms. The minimum atomic E-state index is -4.60. The standard InChI is InChI=1S/C34H32ClF3N8O5/c1-16-23-24(16)33(7-9-44(10-8-33)31(50)26-28(48)17(2)39-15-40-26)25-27(23)45(14-22(47)41-21-4-3-19(13-20(21)35)34(36,37)38)32-42-29(43-46(32)30(25)49)18-5-11-51-12-6-18/h3-5,13,15-16,23-24,48H,6-12,14H2,1-2H3,(H,41,47). The summed E-state index contributed by atoms with van der Waals surface area (Å²) in [7, 11) is 0. The Morgan fingerprint density at radius 1 is 1.20 bits per heavy atom. The van der Waals surface area contributed by atoms with E-state index in [1.54, 1.807) is 16.4 Å². The van der Waals surface area contributed by atoms with Crippen molar-refractivity contribution >= 4 is 40.5 Å². The van der Waals surface area contributed by atoms with E-state index < -0.39 is 29.0 Å². The second-order valence-electron chi connectivity index (χ2n) is 13.6. The number of halogens is 4. The number of likely N-dealkylation sites (tertiary alicyclic amines) is 1. The molecule has 266 valence electrons. The number of hydrogen-bond donors (Lipinski definition) is 2. The normalized spacial score (nSPS) is 22.1. The maximum absolute atomic E-state index is 14.5. The molecule has 0 bridgehead atoms. The van der Waals surface area contributed by atoms with Crippen molar-refractivity contribution < 1.29 is 32.6 Å². The molecule has 1 saturated heterocycles. The maximum atomic E-state index is 14.5. The summed E-state index contributed by atoms with van der Waals surface area (Å²) in [6.07, 6.45) is -0.0674. The molecule has 0 radical (unpaired) electrons. The first kappa shape index (κ1) is 33.3. The summed E-state index contributed by atoms with van der Waals surface area (Å²) in [5.41, 5.74) is 0.341. The van der Waals surface area contributed by atoms with Crippen molar-refractivity contribution in [1.82, 2.24) is 34.0 Å². The molecule has 1 spiro atoms. The van der Waals surface area contributed by atoms with Gasteiger partial charge in [0.05, 0.1) is 35.2 Å². The Bertz CT molecular complexity index is 2230. The second-order valence-corrected chi connectivity index (χ2v) is 14.0. The van der Waals surface area contributed by atoms with E-state index in [9.17, 15) is 32.7 Å². The molecule has 8 rings (SSSR count). The van der Waals surface area contributed by atoms with Gasteiger partial charge in [-0.05, 0) is 61.8 Å². The topological polar surface area (TPSA) is 157 Å². The van der Waals surface area contributed by atoms with Crippen LogP contribution in [0.5, 0.6) is 5.75 Å². The second kappa shape index (κ2) is 11.9. The van der Waals surface area contributed by atoms with Gasteiger partial charge >= 0.3 is 6.18 Å². The number of piperidine rings is 1. The molecule has 1 saturated carbocycles. The van der Waals surface area contributed by atoms with Crippen molar-refractivity contribution in [3.05, 3.63) is 80.0 Å². The number of carbonyl (C=O) groups excluding carboxylic acids is 2. The Labute approximate surface area is 293 Å². The largest absolute Gasteiger partial charge is 0.504 e. The third-order valence-corrected chi connectivity index (χ3v) is 11.2. The first-order valence-corrected chi connectivity index (χ1v) is 17.0. The number of nitrogens with one attached hydrogen (secondary N) is 1. The van der Waals surface area contributed by atoms with Gasteiger partial charge in [0.1, 0.15) is 12.9 Å². The van der Waals surface area contributed by atoms with Gasteiger partial charge in [0.25, 0.3) is 11.5 Å². The van der Waals surface area contributed by atoms with Crippen LogP contribution in [0.25, 0.3) is 11.4 Å². The van der Waals surface area contributed by atoms with E-state index >= 15 is 0 Å². The molecule has 2 aliphatic carbocycles. The average Bonchev–Trinajstić information content (AvgIpc) is 3.43. The fraction of sp³-hybridized carbons (Fsp3) is 0.441. The molecule has 4 aromatic rings. The summed E-state index contributed by atoms with van der Waals surface area (Å²) in [5.74, 6) is -0.606. The fourth-order valence-electron chi connectivity index (χ4n) is 8.40. The minimum absolute atomic E-state index is 0.00832. The van der Waals surface area contributed by atoms with Gasteiger partial charge in [-0.2, -0.15) is 22.7 Å². The lowest BCUT2D eigenvalue weighted by atomic mass is 9.70. The van der Waals surface area contributed by atoms with Crippen molar-refractivity contribution in [2.75, 3.05) is 31.6 Å². The Morgan fingerprint density at radius 2 is 1.96 bits per heavy atom. The first-order chi connectivity index (χ1) is 24.3. The van der Waals surface area contributed by atoms with Crippen molar-refractivity contribution in [1.29, 1.82) is 0 Å². The lowest BCUT2D eigenvalue weighted by molar-refractivity contribution is -0.137. The van der Waals surface area contributed by atoms with Crippen molar-refractivity contribution in [3.63, 3.8) is 0 Å². The number of aromatic nitrogens is 6. The van der Waals surface area contributed by atoms with Gasteiger partial charge in [-0.25, -0.2) is 9.97 Å². The Hall–Kier alpha value is -4.83. The molecule has 1 aromatic carbocycles.